The molecular weight excluding hydrogens is 404 g/mol. The molecule has 2 unspecified atom stereocenters. The maximum Gasteiger partial charge on any atom is 0.290 e. The van der Waals surface area contributed by atoms with Crippen LogP contribution in [0.15, 0.2) is 35.0 Å². The normalized spacial score (nSPS) is 23.0. The zero-order chi connectivity index (χ0) is 21.0. The van der Waals surface area contributed by atoms with E-state index in [1.54, 1.807) is 11.3 Å². The van der Waals surface area contributed by atoms with Crippen LogP contribution >= 0.6 is 23.6 Å². The molecule has 0 saturated carbocycles. The van der Waals surface area contributed by atoms with E-state index in [0.29, 0.717) is 40.1 Å². The first-order valence-corrected chi connectivity index (χ1v) is 10.9. The van der Waals surface area contributed by atoms with Gasteiger partial charge in [0.2, 0.25) is 0 Å². The summed E-state index contributed by atoms with van der Waals surface area (Å²) in [5.74, 6) is 0. The van der Waals surface area contributed by atoms with Crippen LogP contribution in [0.25, 0.3) is 11.1 Å². The SMILES string of the molecule is CN1C2CCC1CC(NC(=S)C(=N)c1cc(-c3ccsc3)ccc1N)C2.O=CO. The molecule has 1 aromatic heterocycles. The van der Waals surface area contributed by atoms with Crippen LogP contribution in [-0.2, 0) is 4.79 Å². The molecule has 3 heterocycles. The summed E-state index contributed by atoms with van der Waals surface area (Å²) in [7, 11) is 2.23. The van der Waals surface area contributed by atoms with Gasteiger partial charge in [0, 0.05) is 29.4 Å². The number of benzene rings is 1. The summed E-state index contributed by atoms with van der Waals surface area (Å²) in [5, 5.41) is 23.1. The Labute approximate surface area is 180 Å². The van der Waals surface area contributed by atoms with Crippen molar-refractivity contribution in [2.75, 3.05) is 12.8 Å². The highest BCUT2D eigenvalue weighted by Crippen LogP contribution is 2.34. The van der Waals surface area contributed by atoms with Gasteiger partial charge in [0.15, 0.2) is 0 Å². The summed E-state index contributed by atoms with van der Waals surface area (Å²) in [5.41, 5.74) is 10.0. The Kier molecular flexibility index (Phi) is 7.00. The summed E-state index contributed by atoms with van der Waals surface area (Å²) >= 11 is 7.23. The van der Waals surface area contributed by atoms with Crippen molar-refractivity contribution in [2.24, 2.45) is 0 Å². The summed E-state index contributed by atoms with van der Waals surface area (Å²) in [6, 6.07) is 9.58. The van der Waals surface area contributed by atoms with E-state index in [-0.39, 0.29) is 6.47 Å². The summed E-state index contributed by atoms with van der Waals surface area (Å²) in [6.45, 7) is -0.250. The Morgan fingerprint density at radius 2 is 1.97 bits per heavy atom. The van der Waals surface area contributed by atoms with E-state index in [0.717, 1.165) is 24.0 Å². The number of nitrogens with two attached hydrogens (primary N) is 1. The largest absolute Gasteiger partial charge is 0.483 e. The summed E-state index contributed by atoms with van der Waals surface area (Å²) in [4.78, 5) is 11.4. The highest BCUT2D eigenvalue weighted by atomic mass is 32.1. The van der Waals surface area contributed by atoms with Crippen LogP contribution in [-0.4, -0.2) is 52.4 Å². The van der Waals surface area contributed by atoms with Crippen LogP contribution in [0.2, 0.25) is 0 Å². The molecule has 2 saturated heterocycles. The number of piperidine rings is 1. The Morgan fingerprint density at radius 1 is 1.31 bits per heavy atom. The maximum atomic E-state index is 8.58. The lowest BCUT2D eigenvalue weighted by Gasteiger charge is -2.37. The first-order chi connectivity index (χ1) is 13.9. The fourth-order valence-electron chi connectivity index (χ4n) is 4.29. The zero-order valence-corrected chi connectivity index (χ0v) is 17.9. The number of carboxylic acid groups (broad SMARTS) is 1. The molecule has 4 rings (SSSR count). The van der Waals surface area contributed by atoms with Gasteiger partial charge in [-0.3, -0.25) is 10.2 Å². The number of thiophene rings is 1. The molecule has 2 bridgehead atoms. The lowest BCUT2D eigenvalue weighted by molar-refractivity contribution is -0.122. The van der Waals surface area contributed by atoms with E-state index in [1.807, 2.05) is 18.2 Å². The third kappa shape index (κ3) is 4.83. The molecule has 0 spiro atoms. The number of rotatable bonds is 4. The molecule has 8 heteroatoms. The Morgan fingerprint density at radius 3 is 2.55 bits per heavy atom. The Hall–Kier alpha value is -2.29. The van der Waals surface area contributed by atoms with Gasteiger partial charge in [-0.05, 0) is 72.8 Å². The zero-order valence-electron chi connectivity index (χ0n) is 16.3. The minimum Gasteiger partial charge on any atom is -0.483 e. The topological polar surface area (TPSA) is 102 Å². The smallest absolute Gasteiger partial charge is 0.290 e. The van der Waals surface area contributed by atoms with Crippen molar-refractivity contribution < 1.29 is 9.90 Å². The fourth-order valence-corrected chi connectivity index (χ4v) is 5.23. The van der Waals surface area contributed by atoms with Crippen molar-refractivity contribution in [2.45, 2.75) is 43.8 Å². The van der Waals surface area contributed by atoms with Crippen LogP contribution in [0.3, 0.4) is 0 Å². The van der Waals surface area contributed by atoms with Crippen LogP contribution < -0.4 is 11.1 Å². The van der Waals surface area contributed by atoms with E-state index in [4.69, 9.17) is 33.3 Å². The van der Waals surface area contributed by atoms with Crippen molar-refractivity contribution in [1.82, 2.24) is 10.2 Å². The molecule has 0 aliphatic carbocycles. The number of hydrogen-bond acceptors (Lipinski definition) is 6. The highest BCUT2D eigenvalue weighted by molar-refractivity contribution is 7.82. The van der Waals surface area contributed by atoms with Crippen molar-refractivity contribution in [3.05, 3.63) is 40.6 Å². The molecule has 0 amide bonds. The molecule has 2 aliphatic heterocycles. The van der Waals surface area contributed by atoms with Gasteiger partial charge in [-0.15, -0.1) is 0 Å². The maximum absolute atomic E-state index is 8.58. The van der Waals surface area contributed by atoms with Crippen LogP contribution in [0.4, 0.5) is 5.69 Å². The molecule has 2 aliphatic rings. The lowest BCUT2D eigenvalue weighted by atomic mass is 9.97. The van der Waals surface area contributed by atoms with Crippen molar-refractivity contribution in [1.29, 1.82) is 5.41 Å². The van der Waals surface area contributed by atoms with E-state index in [1.165, 1.54) is 12.8 Å². The van der Waals surface area contributed by atoms with Gasteiger partial charge in [0.25, 0.3) is 6.47 Å². The van der Waals surface area contributed by atoms with Gasteiger partial charge in [0.05, 0.1) is 5.71 Å². The number of carbonyl (C=O) groups is 1. The van der Waals surface area contributed by atoms with Gasteiger partial charge in [-0.25, -0.2) is 0 Å². The van der Waals surface area contributed by atoms with Crippen molar-refractivity contribution >= 4 is 46.4 Å². The second kappa shape index (κ2) is 9.47. The van der Waals surface area contributed by atoms with E-state index in [9.17, 15) is 0 Å². The molecule has 6 nitrogen and oxygen atoms in total. The quantitative estimate of drug-likeness (QED) is 0.256. The average molecular weight is 431 g/mol. The number of anilines is 1. The highest BCUT2D eigenvalue weighted by Gasteiger charge is 2.38. The van der Waals surface area contributed by atoms with E-state index < -0.39 is 0 Å². The third-order valence-electron chi connectivity index (χ3n) is 5.84. The van der Waals surface area contributed by atoms with Gasteiger partial charge in [-0.1, -0.05) is 18.3 Å². The standard InChI is InChI=1S/C20H24N4S2.CH2O2/c1-24-15-3-4-16(24)10-14(9-15)23-20(25)19(22)17-8-12(2-5-18(17)21)13-6-7-26-11-13;2-1-3/h2,5-8,11,14-16,22H,3-4,9-10,21H2,1H3,(H,23,25);1H,(H,2,3). The first-order valence-electron chi connectivity index (χ1n) is 9.56. The number of nitrogens with zero attached hydrogens (tertiary/aromatic N) is 1. The first kappa shape index (κ1) is 21.4. The molecule has 2 fully saturated rings. The predicted molar refractivity (Wildman–Crippen MR) is 123 cm³/mol. The van der Waals surface area contributed by atoms with Gasteiger partial charge < -0.3 is 21.1 Å². The van der Waals surface area contributed by atoms with E-state index in [2.05, 4.69) is 34.1 Å². The van der Waals surface area contributed by atoms with Crippen molar-refractivity contribution in [3.63, 3.8) is 0 Å². The number of fused-ring (bicyclic) bond motifs is 2. The molecule has 5 N–H and O–H groups in total. The van der Waals surface area contributed by atoms with Gasteiger partial charge >= 0.3 is 0 Å². The molecule has 1 aromatic carbocycles. The monoisotopic (exact) mass is 430 g/mol. The lowest BCUT2D eigenvalue weighted by Crippen LogP contribution is -2.49. The van der Waals surface area contributed by atoms with Gasteiger partial charge in [-0.2, -0.15) is 11.3 Å². The average Bonchev–Trinajstić information content (AvgIpc) is 3.29. The Bertz CT molecular complexity index is 871. The summed E-state index contributed by atoms with van der Waals surface area (Å²) < 4.78 is 0. The minimum atomic E-state index is -0.250. The Balaban J connectivity index is 0.000000755. The minimum absolute atomic E-state index is 0.250. The number of hydrogen-bond donors (Lipinski definition) is 4. The molecule has 29 heavy (non-hydrogen) atoms. The van der Waals surface area contributed by atoms with Crippen LogP contribution in [0.1, 0.15) is 31.2 Å². The van der Waals surface area contributed by atoms with E-state index >= 15 is 0 Å². The number of nitrogen functional groups attached to an aromatic ring is 1. The van der Waals surface area contributed by atoms with Crippen LogP contribution in [0.5, 0.6) is 0 Å². The van der Waals surface area contributed by atoms with Crippen molar-refractivity contribution in [3.8, 4) is 11.1 Å². The molecule has 0 radical (unpaired) electrons. The molecule has 2 aromatic rings. The number of thiocarbonyl (C=S) groups is 1. The number of nitrogens with one attached hydrogen (secondary N) is 2. The third-order valence-corrected chi connectivity index (χ3v) is 6.84. The fraction of sp³-hybridized carbons (Fsp3) is 0.381. The summed E-state index contributed by atoms with van der Waals surface area (Å²) in [6.07, 6.45) is 4.76. The predicted octanol–water partition coefficient (Wildman–Crippen LogP) is 3.61. The van der Waals surface area contributed by atoms with Gasteiger partial charge in [0.1, 0.15) is 4.99 Å². The second-order valence-corrected chi connectivity index (χ2v) is 8.68. The molecule has 154 valence electrons. The second-order valence-electron chi connectivity index (χ2n) is 7.49. The molecule has 2 atom stereocenters. The van der Waals surface area contributed by atoms with Crippen LogP contribution in [0, 0.1) is 5.41 Å². The molecular formula is C21H26N4O2S2.